The van der Waals surface area contributed by atoms with Gasteiger partial charge in [-0.3, -0.25) is 0 Å². The number of hydrogen-bond donors (Lipinski definition) is 2. The van der Waals surface area contributed by atoms with Crippen LogP contribution in [0.5, 0.6) is 11.5 Å². The number of aromatic nitrogens is 1. The molecular weight excluding hydrogens is 258 g/mol. The first-order valence-electron chi connectivity index (χ1n) is 5.93. The van der Waals surface area contributed by atoms with Gasteiger partial charge < -0.3 is 20.4 Å². The third kappa shape index (κ3) is 3.24. The van der Waals surface area contributed by atoms with Crippen molar-refractivity contribution in [2.24, 2.45) is 10.9 Å². The standard InChI is InChI=1S/C14H15N3O3/c1-19-9-10-4-2-5-11(8-10)20-12-6-3-7-16-13(12)14(15)17-18/h2-8,18H,9H2,1H3,(H2,15,17). The molecule has 0 aliphatic rings. The van der Waals surface area contributed by atoms with Crippen LogP contribution in [0.1, 0.15) is 11.3 Å². The SMILES string of the molecule is COCc1cccc(Oc2cccnc2/C(N)=N/O)c1. The maximum absolute atomic E-state index is 8.74. The first-order chi connectivity index (χ1) is 9.74. The molecule has 0 aliphatic carbocycles. The molecule has 0 aliphatic heterocycles. The number of rotatable bonds is 5. The summed E-state index contributed by atoms with van der Waals surface area (Å²) in [6, 6.07) is 10.9. The molecule has 3 N–H and O–H groups in total. The smallest absolute Gasteiger partial charge is 0.192 e. The molecule has 0 saturated carbocycles. The fourth-order valence-electron chi connectivity index (χ4n) is 1.71. The predicted molar refractivity (Wildman–Crippen MR) is 74.0 cm³/mol. The molecule has 0 saturated heterocycles. The number of hydrogen-bond acceptors (Lipinski definition) is 5. The zero-order valence-corrected chi connectivity index (χ0v) is 11.0. The minimum atomic E-state index is -0.103. The monoisotopic (exact) mass is 273 g/mol. The Hall–Kier alpha value is -2.60. The van der Waals surface area contributed by atoms with E-state index in [-0.39, 0.29) is 11.5 Å². The molecular formula is C14H15N3O3. The summed E-state index contributed by atoms with van der Waals surface area (Å²) in [5.74, 6) is 0.936. The average molecular weight is 273 g/mol. The van der Waals surface area contributed by atoms with Crippen molar-refractivity contribution < 1.29 is 14.7 Å². The van der Waals surface area contributed by atoms with Gasteiger partial charge >= 0.3 is 0 Å². The number of oxime groups is 1. The lowest BCUT2D eigenvalue weighted by Crippen LogP contribution is -2.15. The van der Waals surface area contributed by atoms with Gasteiger partial charge in [-0.15, -0.1) is 0 Å². The van der Waals surface area contributed by atoms with Crippen LogP contribution < -0.4 is 10.5 Å². The fourth-order valence-corrected chi connectivity index (χ4v) is 1.71. The van der Waals surface area contributed by atoms with Crippen molar-refractivity contribution in [2.45, 2.75) is 6.61 Å². The molecule has 104 valence electrons. The van der Waals surface area contributed by atoms with Crippen LogP contribution in [0.3, 0.4) is 0 Å². The van der Waals surface area contributed by atoms with Gasteiger partial charge in [0.25, 0.3) is 0 Å². The van der Waals surface area contributed by atoms with Crippen LogP contribution in [0, 0.1) is 0 Å². The lowest BCUT2D eigenvalue weighted by Gasteiger charge is -2.10. The number of nitrogens with zero attached hydrogens (tertiary/aromatic N) is 2. The van der Waals surface area contributed by atoms with E-state index in [4.69, 9.17) is 20.4 Å². The molecule has 2 aromatic rings. The normalized spacial score (nSPS) is 11.3. The number of ether oxygens (including phenoxy) is 2. The Balaban J connectivity index is 2.28. The molecule has 0 bridgehead atoms. The van der Waals surface area contributed by atoms with Gasteiger partial charge in [0.05, 0.1) is 6.61 Å². The third-order valence-electron chi connectivity index (χ3n) is 2.56. The molecule has 0 spiro atoms. The largest absolute Gasteiger partial charge is 0.455 e. The first kappa shape index (κ1) is 13.8. The van der Waals surface area contributed by atoms with Crippen LogP contribution in [0.15, 0.2) is 47.8 Å². The van der Waals surface area contributed by atoms with Gasteiger partial charge in [-0.1, -0.05) is 17.3 Å². The molecule has 6 heteroatoms. The van der Waals surface area contributed by atoms with E-state index in [1.54, 1.807) is 25.4 Å². The Labute approximate surface area is 116 Å². The van der Waals surface area contributed by atoms with Crippen molar-refractivity contribution in [1.82, 2.24) is 4.98 Å². The summed E-state index contributed by atoms with van der Waals surface area (Å²) in [4.78, 5) is 4.04. The van der Waals surface area contributed by atoms with E-state index in [9.17, 15) is 0 Å². The van der Waals surface area contributed by atoms with E-state index in [0.717, 1.165) is 5.56 Å². The number of pyridine rings is 1. The molecule has 1 aromatic carbocycles. The molecule has 0 unspecified atom stereocenters. The zero-order chi connectivity index (χ0) is 14.4. The molecule has 1 aromatic heterocycles. The third-order valence-corrected chi connectivity index (χ3v) is 2.56. The topological polar surface area (TPSA) is 90.0 Å². The van der Waals surface area contributed by atoms with Gasteiger partial charge in [-0.25, -0.2) is 4.98 Å². The minimum Gasteiger partial charge on any atom is -0.455 e. The maximum atomic E-state index is 8.74. The Bertz CT molecular complexity index is 614. The summed E-state index contributed by atoms with van der Waals surface area (Å²) in [6.07, 6.45) is 1.54. The molecule has 20 heavy (non-hydrogen) atoms. The van der Waals surface area contributed by atoms with E-state index in [2.05, 4.69) is 10.1 Å². The quantitative estimate of drug-likeness (QED) is 0.377. The predicted octanol–water partition coefficient (Wildman–Crippen LogP) is 2.11. The summed E-state index contributed by atoms with van der Waals surface area (Å²) in [7, 11) is 1.63. The van der Waals surface area contributed by atoms with Crippen LogP contribution in [-0.2, 0) is 11.3 Å². The van der Waals surface area contributed by atoms with Crippen LogP contribution in [0.25, 0.3) is 0 Å². The molecule has 1 heterocycles. The van der Waals surface area contributed by atoms with Gasteiger partial charge in [0.1, 0.15) is 5.75 Å². The second-order valence-electron chi connectivity index (χ2n) is 4.02. The molecule has 6 nitrogen and oxygen atoms in total. The van der Waals surface area contributed by atoms with Crippen molar-refractivity contribution in [2.75, 3.05) is 7.11 Å². The molecule has 0 radical (unpaired) electrons. The lowest BCUT2D eigenvalue weighted by atomic mass is 10.2. The van der Waals surface area contributed by atoms with Crippen molar-refractivity contribution >= 4 is 5.84 Å². The summed E-state index contributed by atoms with van der Waals surface area (Å²) in [6.45, 7) is 0.497. The Kier molecular flexibility index (Phi) is 4.52. The van der Waals surface area contributed by atoms with Crippen LogP contribution in [0.2, 0.25) is 0 Å². The molecule has 0 atom stereocenters. The maximum Gasteiger partial charge on any atom is 0.192 e. The van der Waals surface area contributed by atoms with Gasteiger partial charge in [0.2, 0.25) is 0 Å². The highest BCUT2D eigenvalue weighted by Gasteiger charge is 2.10. The van der Waals surface area contributed by atoms with Crippen LogP contribution in [0.4, 0.5) is 0 Å². The van der Waals surface area contributed by atoms with Crippen molar-refractivity contribution in [3.63, 3.8) is 0 Å². The molecule has 0 fully saturated rings. The highest BCUT2D eigenvalue weighted by molar-refractivity contribution is 5.97. The van der Waals surface area contributed by atoms with E-state index in [1.165, 1.54) is 0 Å². The summed E-state index contributed by atoms with van der Waals surface area (Å²) in [5, 5.41) is 11.7. The molecule has 0 amide bonds. The van der Waals surface area contributed by atoms with Gasteiger partial charge in [0, 0.05) is 13.3 Å². The summed E-state index contributed by atoms with van der Waals surface area (Å²) < 4.78 is 10.8. The van der Waals surface area contributed by atoms with Crippen molar-refractivity contribution in [3.05, 3.63) is 53.9 Å². The Morgan fingerprint density at radius 2 is 2.20 bits per heavy atom. The Morgan fingerprint density at radius 1 is 1.35 bits per heavy atom. The number of benzene rings is 1. The number of methoxy groups -OCH3 is 1. The van der Waals surface area contributed by atoms with Gasteiger partial charge in [-0.05, 0) is 29.8 Å². The Morgan fingerprint density at radius 3 is 2.95 bits per heavy atom. The van der Waals surface area contributed by atoms with Gasteiger partial charge in [-0.2, -0.15) is 0 Å². The van der Waals surface area contributed by atoms with E-state index in [1.807, 2.05) is 24.3 Å². The first-order valence-corrected chi connectivity index (χ1v) is 5.93. The summed E-state index contributed by atoms with van der Waals surface area (Å²) >= 11 is 0. The molecule has 2 rings (SSSR count). The second-order valence-corrected chi connectivity index (χ2v) is 4.02. The van der Waals surface area contributed by atoms with Crippen LogP contribution >= 0.6 is 0 Å². The highest BCUT2D eigenvalue weighted by atomic mass is 16.5. The highest BCUT2D eigenvalue weighted by Crippen LogP contribution is 2.24. The van der Waals surface area contributed by atoms with E-state index < -0.39 is 0 Å². The van der Waals surface area contributed by atoms with Gasteiger partial charge in [0.15, 0.2) is 17.3 Å². The minimum absolute atomic E-state index is 0.103. The van der Waals surface area contributed by atoms with Crippen molar-refractivity contribution in [1.29, 1.82) is 0 Å². The number of amidine groups is 1. The van der Waals surface area contributed by atoms with E-state index >= 15 is 0 Å². The fraction of sp³-hybridized carbons (Fsp3) is 0.143. The lowest BCUT2D eigenvalue weighted by molar-refractivity contribution is 0.184. The van der Waals surface area contributed by atoms with Crippen molar-refractivity contribution in [3.8, 4) is 11.5 Å². The second kappa shape index (κ2) is 6.53. The zero-order valence-electron chi connectivity index (χ0n) is 11.0. The summed E-state index contributed by atoms with van der Waals surface area (Å²) in [5.41, 5.74) is 6.83. The van der Waals surface area contributed by atoms with Crippen LogP contribution in [-0.4, -0.2) is 23.1 Å². The van der Waals surface area contributed by atoms with E-state index in [0.29, 0.717) is 18.1 Å². The number of nitrogens with two attached hydrogens (primary N) is 1. The average Bonchev–Trinajstić information content (AvgIpc) is 2.48.